The van der Waals surface area contributed by atoms with Gasteiger partial charge in [-0.05, 0) is 40.8 Å². The molecule has 0 saturated heterocycles. The highest BCUT2D eigenvalue weighted by Gasteiger charge is 2.40. The molecule has 3 aromatic carbocycles. The van der Waals surface area contributed by atoms with Crippen LogP contribution in [0.25, 0.3) is 41.3 Å². The molecule has 1 aliphatic carbocycles. The van der Waals surface area contributed by atoms with Crippen molar-refractivity contribution < 1.29 is 4.57 Å². The Morgan fingerprint density at radius 1 is 0.828 bits per heavy atom. The third-order valence-corrected chi connectivity index (χ3v) is 9.15. The summed E-state index contributed by atoms with van der Waals surface area (Å²) >= 11 is 3.85. The average molecular weight is 413 g/mol. The summed E-state index contributed by atoms with van der Waals surface area (Å²) in [6.07, 6.45) is 0. The molecule has 5 aromatic rings. The summed E-state index contributed by atoms with van der Waals surface area (Å²) in [5.74, 6) is 0. The molecule has 142 valence electrons. The summed E-state index contributed by atoms with van der Waals surface area (Å²) in [5.41, 5.74) is 8.48. The van der Waals surface area contributed by atoms with Gasteiger partial charge in [0.25, 0.3) is 9.84 Å². The van der Waals surface area contributed by atoms with Gasteiger partial charge in [0.15, 0.2) is 0 Å². The van der Waals surface area contributed by atoms with Gasteiger partial charge >= 0.3 is 0 Å². The maximum absolute atomic E-state index is 2.42. The molecule has 2 heterocycles. The summed E-state index contributed by atoms with van der Waals surface area (Å²) in [6, 6.07) is 22.3. The quantitative estimate of drug-likeness (QED) is 0.256. The van der Waals surface area contributed by atoms with Crippen LogP contribution in [-0.4, -0.2) is 0 Å². The lowest BCUT2D eigenvalue weighted by molar-refractivity contribution is -0.627. The molecule has 0 atom stereocenters. The summed E-state index contributed by atoms with van der Waals surface area (Å²) in [7, 11) is 2.23. The topological polar surface area (TPSA) is 3.88 Å². The van der Waals surface area contributed by atoms with E-state index in [1.54, 1.807) is 0 Å². The van der Waals surface area contributed by atoms with Gasteiger partial charge in [-0.1, -0.05) is 91.1 Å². The Hall–Kier alpha value is -2.49. The summed E-state index contributed by atoms with van der Waals surface area (Å²) in [6.45, 7) is 7.03. The number of hydrogen-bond donors (Lipinski definition) is 0. The molecular weight excluding hydrogens is 390 g/mol. The molecule has 0 unspecified atom stereocenters. The van der Waals surface area contributed by atoms with E-state index in [4.69, 9.17) is 0 Å². The number of rotatable bonds is 1. The van der Waals surface area contributed by atoms with Gasteiger partial charge in [0.1, 0.15) is 11.7 Å². The van der Waals surface area contributed by atoms with Crippen LogP contribution in [0.5, 0.6) is 0 Å². The van der Waals surface area contributed by atoms with Crippen LogP contribution in [-0.2, 0) is 12.5 Å². The predicted molar refractivity (Wildman–Crippen MR) is 126 cm³/mol. The number of aryl methyl sites for hydroxylation is 2. The number of hydrogen-bond acceptors (Lipinski definition) is 2. The Labute approximate surface area is 178 Å². The minimum absolute atomic E-state index is 0.000235. The lowest BCUT2D eigenvalue weighted by Gasteiger charge is -2.24. The zero-order chi connectivity index (χ0) is 19.9. The first-order valence-corrected chi connectivity index (χ1v) is 11.7. The SMILES string of the molecule is Cc1ccc2c(c1-c1sc3c4ccccc4sc3[n+]1C)C(C)(C)c1ccccc1-2. The summed E-state index contributed by atoms with van der Waals surface area (Å²) in [5, 5.41) is 2.75. The second-order valence-electron chi connectivity index (χ2n) is 8.55. The van der Waals surface area contributed by atoms with Crippen molar-refractivity contribution in [3.05, 3.63) is 77.4 Å². The van der Waals surface area contributed by atoms with E-state index < -0.39 is 0 Å². The van der Waals surface area contributed by atoms with E-state index in [-0.39, 0.29) is 5.41 Å². The third kappa shape index (κ3) is 2.18. The fourth-order valence-corrected chi connectivity index (χ4v) is 7.80. The van der Waals surface area contributed by atoms with Gasteiger partial charge < -0.3 is 0 Å². The monoisotopic (exact) mass is 412 g/mol. The maximum Gasteiger partial charge on any atom is 0.281 e. The van der Waals surface area contributed by atoms with E-state index in [1.165, 1.54) is 58.0 Å². The molecule has 0 saturated carbocycles. The second kappa shape index (κ2) is 5.78. The fraction of sp³-hybridized carbons (Fsp3) is 0.192. The first kappa shape index (κ1) is 17.4. The molecule has 2 aromatic heterocycles. The van der Waals surface area contributed by atoms with Crippen molar-refractivity contribution in [1.82, 2.24) is 0 Å². The van der Waals surface area contributed by atoms with E-state index in [0.29, 0.717) is 0 Å². The molecule has 3 heteroatoms. The Morgan fingerprint density at radius 3 is 2.45 bits per heavy atom. The van der Waals surface area contributed by atoms with Crippen molar-refractivity contribution in [2.45, 2.75) is 26.2 Å². The average Bonchev–Trinajstić information content (AvgIpc) is 3.31. The first-order chi connectivity index (χ1) is 14.0. The van der Waals surface area contributed by atoms with Crippen LogP contribution in [0.15, 0.2) is 60.7 Å². The van der Waals surface area contributed by atoms with Gasteiger partial charge in [0, 0.05) is 15.5 Å². The second-order valence-corrected chi connectivity index (χ2v) is 10.6. The van der Waals surface area contributed by atoms with Crippen LogP contribution in [0, 0.1) is 6.92 Å². The zero-order valence-electron chi connectivity index (χ0n) is 17.0. The van der Waals surface area contributed by atoms with Crippen LogP contribution in [0.2, 0.25) is 0 Å². The normalized spacial score (nSPS) is 14.5. The highest BCUT2D eigenvalue weighted by molar-refractivity contribution is 7.32. The molecule has 1 nitrogen and oxygen atoms in total. The number of thiophene rings is 1. The van der Waals surface area contributed by atoms with Crippen LogP contribution < -0.4 is 4.57 Å². The molecule has 0 spiro atoms. The Bertz CT molecular complexity index is 1450. The minimum Gasteiger partial charge on any atom is -0.175 e. The largest absolute Gasteiger partial charge is 0.281 e. The van der Waals surface area contributed by atoms with Gasteiger partial charge in [0.2, 0.25) is 0 Å². The van der Waals surface area contributed by atoms with Gasteiger partial charge in [-0.25, -0.2) is 0 Å². The minimum atomic E-state index is -0.000235. The van der Waals surface area contributed by atoms with Crippen molar-refractivity contribution in [3.63, 3.8) is 0 Å². The third-order valence-electron chi connectivity index (χ3n) is 6.48. The number of benzene rings is 3. The van der Waals surface area contributed by atoms with E-state index in [2.05, 4.69) is 93.0 Å². The van der Waals surface area contributed by atoms with E-state index in [9.17, 15) is 0 Å². The molecule has 0 amide bonds. The standard InChI is InChI=1S/C26H22NS2/c1-15-13-14-17-16-9-5-7-11-19(16)26(2,3)22(17)21(15)24-27(4)25-23(29-24)18-10-6-8-12-20(18)28-25/h5-14H,1-4H3/q+1. The van der Waals surface area contributed by atoms with Crippen LogP contribution in [0.4, 0.5) is 0 Å². The zero-order valence-corrected chi connectivity index (χ0v) is 18.7. The highest BCUT2D eigenvalue weighted by atomic mass is 32.1. The van der Waals surface area contributed by atoms with Gasteiger partial charge in [-0.3, -0.25) is 0 Å². The predicted octanol–water partition coefficient (Wildman–Crippen LogP) is 7.22. The van der Waals surface area contributed by atoms with Gasteiger partial charge in [-0.15, -0.1) is 0 Å². The van der Waals surface area contributed by atoms with Crippen molar-refractivity contribution >= 4 is 42.3 Å². The molecule has 0 N–H and O–H groups in total. The highest BCUT2D eigenvalue weighted by Crippen LogP contribution is 2.53. The number of nitrogens with zero attached hydrogens (tertiary/aromatic N) is 1. The van der Waals surface area contributed by atoms with Gasteiger partial charge in [0.05, 0.1) is 5.56 Å². The first-order valence-electron chi connectivity index (χ1n) is 10.0. The Balaban J connectivity index is 1.71. The Kier molecular flexibility index (Phi) is 3.46. The van der Waals surface area contributed by atoms with E-state index >= 15 is 0 Å². The molecule has 1 aliphatic rings. The van der Waals surface area contributed by atoms with Crippen LogP contribution in [0.1, 0.15) is 30.5 Å². The number of thiazole rings is 1. The summed E-state index contributed by atoms with van der Waals surface area (Å²) in [4.78, 5) is 1.37. The van der Waals surface area contributed by atoms with E-state index in [1.807, 2.05) is 22.7 Å². The number of aromatic nitrogens is 1. The van der Waals surface area contributed by atoms with Crippen molar-refractivity contribution in [3.8, 4) is 21.7 Å². The van der Waals surface area contributed by atoms with Gasteiger partial charge in [-0.2, -0.15) is 4.57 Å². The lowest BCUT2D eigenvalue weighted by atomic mass is 9.79. The molecule has 6 rings (SSSR count). The molecule has 0 bridgehead atoms. The Morgan fingerprint density at radius 2 is 1.59 bits per heavy atom. The maximum atomic E-state index is 2.42. The van der Waals surface area contributed by atoms with Crippen LogP contribution >= 0.6 is 22.7 Å². The molecule has 0 fully saturated rings. The summed E-state index contributed by atoms with van der Waals surface area (Å²) < 4.78 is 5.21. The van der Waals surface area contributed by atoms with Crippen LogP contribution in [0.3, 0.4) is 0 Å². The molecular formula is C26H22NS2+. The fourth-order valence-electron chi connectivity index (χ4n) is 5.06. The van der Waals surface area contributed by atoms with Crippen molar-refractivity contribution in [1.29, 1.82) is 0 Å². The molecule has 29 heavy (non-hydrogen) atoms. The molecule has 0 radical (unpaired) electrons. The van der Waals surface area contributed by atoms with Crippen molar-refractivity contribution in [2.75, 3.05) is 0 Å². The lowest BCUT2D eigenvalue weighted by Crippen LogP contribution is -2.29. The van der Waals surface area contributed by atoms with Crippen molar-refractivity contribution in [2.24, 2.45) is 7.05 Å². The smallest absolute Gasteiger partial charge is 0.175 e. The number of fused-ring (bicyclic) bond motifs is 6. The van der Waals surface area contributed by atoms with E-state index in [0.717, 1.165) is 0 Å². The molecule has 0 aliphatic heterocycles.